The maximum atomic E-state index is 5.84. The van der Waals surface area contributed by atoms with E-state index in [2.05, 4.69) is 26.8 Å². The lowest BCUT2D eigenvalue weighted by atomic mass is 10.1. The summed E-state index contributed by atoms with van der Waals surface area (Å²) in [6, 6.07) is 0. The summed E-state index contributed by atoms with van der Waals surface area (Å²) in [6.07, 6.45) is 3.47. The van der Waals surface area contributed by atoms with Crippen LogP contribution in [0, 0.1) is 0 Å². The molecule has 0 bridgehead atoms. The van der Waals surface area contributed by atoms with Gasteiger partial charge in [-0.1, -0.05) is 6.92 Å². The summed E-state index contributed by atoms with van der Waals surface area (Å²) >= 11 is 0. The zero-order chi connectivity index (χ0) is 14.5. The van der Waals surface area contributed by atoms with Gasteiger partial charge in [0, 0.05) is 33.8 Å². The highest BCUT2D eigenvalue weighted by Crippen LogP contribution is 2.20. The zero-order valence-electron chi connectivity index (χ0n) is 12.5. The largest absolute Gasteiger partial charge is 0.376 e. The fourth-order valence-corrected chi connectivity index (χ4v) is 2.25. The van der Waals surface area contributed by atoms with Gasteiger partial charge in [0.2, 0.25) is 17.8 Å². The van der Waals surface area contributed by atoms with Crippen LogP contribution in [-0.4, -0.2) is 54.8 Å². The molecule has 2 rings (SSSR count). The van der Waals surface area contributed by atoms with Crippen LogP contribution in [0.4, 0.5) is 17.8 Å². The van der Waals surface area contributed by atoms with Crippen molar-refractivity contribution in [2.75, 3.05) is 49.3 Å². The van der Waals surface area contributed by atoms with Crippen molar-refractivity contribution in [1.82, 2.24) is 15.0 Å². The van der Waals surface area contributed by atoms with Crippen LogP contribution in [0.15, 0.2) is 0 Å². The van der Waals surface area contributed by atoms with Crippen LogP contribution in [0.25, 0.3) is 0 Å². The van der Waals surface area contributed by atoms with E-state index in [9.17, 15) is 0 Å². The van der Waals surface area contributed by atoms with Gasteiger partial charge < -0.3 is 20.3 Å². The van der Waals surface area contributed by atoms with Gasteiger partial charge in [0.05, 0.1) is 6.10 Å². The average molecular weight is 280 g/mol. The molecule has 2 N–H and O–H groups in total. The molecule has 0 aliphatic carbocycles. The van der Waals surface area contributed by atoms with Crippen LogP contribution < -0.4 is 15.5 Å². The van der Waals surface area contributed by atoms with E-state index in [1.54, 1.807) is 0 Å². The van der Waals surface area contributed by atoms with Crippen molar-refractivity contribution in [3.05, 3.63) is 0 Å². The summed E-state index contributed by atoms with van der Waals surface area (Å²) in [5, 5.41) is 0. The molecule has 112 valence electrons. The normalized spacial score (nSPS) is 19.1. The molecule has 1 atom stereocenters. The van der Waals surface area contributed by atoms with Crippen LogP contribution in [0.5, 0.6) is 0 Å². The molecule has 2 heterocycles. The lowest BCUT2D eigenvalue weighted by Crippen LogP contribution is -2.41. The summed E-state index contributed by atoms with van der Waals surface area (Å²) in [6.45, 7) is 4.68. The van der Waals surface area contributed by atoms with E-state index in [-0.39, 0.29) is 12.1 Å². The summed E-state index contributed by atoms with van der Waals surface area (Å²) in [5.41, 5.74) is 5.77. The first-order chi connectivity index (χ1) is 9.60. The first kappa shape index (κ1) is 14.8. The highest BCUT2D eigenvalue weighted by atomic mass is 16.5. The Bertz CT molecular complexity index is 439. The molecule has 1 unspecified atom stereocenters. The van der Waals surface area contributed by atoms with E-state index < -0.39 is 0 Å². The Morgan fingerprint density at radius 2 is 2.15 bits per heavy atom. The number of anilines is 3. The molecule has 7 heteroatoms. The van der Waals surface area contributed by atoms with Gasteiger partial charge in [-0.25, -0.2) is 0 Å². The van der Waals surface area contributed by atoms with Crippen LogP contribution in [0.2, 0.25) is 0 Å². The molecule has 1 aliphatic rings. The number of aromatic nitrogens is 3. The van der Waals surface area contributed by atoms with Gasteiger partial charge >= 0.3 is 0 Å². The molecule has 7 nitrogen and oxygen atoms in total. The number of nitrogens with two attached hydrogens (primary N) is 1. The van der Waals surface area contributed by atoms with Gasteiger partial charge in [-0.15, -0.1) is 0 Å². The zero-order valence-corrected chi connectivity index (χ0v) is 12.5. The lowest BCUT2D eigenvalue weighted by molar-refractivity contribution is 0.0437. The minimum absolute atomic E-state index is 0.254. The molecule has 0 radical (unpaired) electrons. The summed E-state index contributed by atoms with van der Waals surface area (Å²) < 4.78 is 5.84. The number of nitrogens with zero attached hydrogens (tertiary/aromatic N) is 5. The van der Waals surface area contributed by atoms with Crippen molar-refractivity contribution in [2.24, 2.45) is 0 Å². The number of nitrogen functional groups attached to an aromatic ring is 1. The molecule has 0 saturated carbocycles. The molecular weight excluding hydrogens is 256 g/mol. The molecule has 0 spiro atoms. The van der Waals surface area contributed by atoms with E-state index in [1.165, 1.54) is 0 Å². The lowest BCUT2D eigenvalue weighted by Gasteiger charge is -2.32. The van der Waals surface area contributed by atoms with Crippen molar-refractivity contribution in [3.63, 3.8) is 0 Å². The number of hydrogen-bond acceptors (Lipinski definition) is 7. The van der Waals surface area contributed by atoms with E-state index >= 15 is 0 Å². The fraction of sp³-hybridized carbons (Fsp3) is 0.769. The van der Waals surface area contributed by atoms with Crippen molar-refractivity contribution in [3.8, 4) is 0 Å². The number of hydrogen-bond donors (Lipinski definition) is 1. The van der Waals surface area contributed by atoms with Gasteiger partial charge in [-0.3, -0.25) is 0 Å². The maximum absolute atomic E-state index is 5.84. The molecular formula is C13H24N6O. The Morgan fingerprint density at radius 3 is 2.85 bits per heavy atom. The van der Waals surface area contributed by atoms with Gasteiger partial charge in [0.25, 0.3) is 0 Å². The molecule has 0 aromatic carbocycles. The minimum atomic E-state index is 0.254. The standard InChI is InChI=1S/C13H24N6O/c1-4-8-20-10-6-5-7-19(9-10)13-16-11(14)15-12(17-13)18(2)3/h10H,4-9H2,1-3H3,(H2,14,15,16,17). The quantitative estimate of drug-likeness (QED) is 0.858. The molecule has 1 aromatic heterocycles. The highest BCUT2D eigenvalue weighted by Gasteiger charge is 2.23. The summed E-state index contributed by atoms with van der Waals surface area (Å²) in [5.74, 6) is 1.49. The van der Waals surface area contributed by atoms with Crippen molar-refractivity contribution in [1.29, 1.82) is 0 Å². The molecule has 1 aromatic rings. The number of piperidine rings is 1. The van der Waals surface area contributed by atoms with Crippen molar-refractivity contribution in [2.45, 2.75) is 32.3 Å². The Balaban J connectivity index is 2.10. The van der Waals surface area contributed by atoms with Crippen molar-refractivity contribution < 1.29 is 4.74 Å². The van der Waals surface area contributed by atoms with Crippen LogP contribution in [-0.2, 0) is 4.74 Å². The Kier molecular flexibility index (Phi) is 4.94. The minimum Gasteiger partial charge on any atom is -0.376 e. The molecule has 1 aliphatic heterocycles. The SMILES string of the molecule is CCCOC1CCCN(c2nc(N)nc(N(C)C)n2)C1. The Hall–Kier alpha value is -1.63. The first-order valence-corrected chi connectivity index (χ1v) is 7.15. The van der Waals surface area contributed by atoms with E-state index in [1.807, 2.05) is 19.0 Å². The summed E-state index contributed by atoms with van der Waals surface area (Å²) in [4.78, 5) is 16.8. The van der Waals surface area contributed by atoms with Crippen LogP contribution in [0.1, 0.15) is 26.2 Å². The predicted octanol–water partition coefficient (Wildman–Crippen LogP) is 0.915. The Morgan fingerprint density at radius 1 is 1.35 bits per heavy atom. The van der Waals surface area contributed by atoms with E-state index in [0.29, 0.717) is 11.9 Å². The van der Waals surface area contributed by atoms with Gasteiger partial charge in [-0.05, 0) is 19.3 Å². The molecule has 1 fully saturated rings. The Labute approximate surface area is 120 Å². The smallest absolute Gasteiger partial charge is 0.232 e. The fourth-order valence-electron chi connectivity index (χ4n) is 2.25. The van der Waals surface area contributed by atoms with Crippen LogP contribution >= 0.6 is 0 Å². The van der Waals surface area contributed by atoms with Gasteiger partial charge in [-0.2, -0.15) is 15.0 Å². The highest BCUT2D eigenvalue weighted by molar-refractivity contribution is 5.43. The second-order valence-corrected chi connectivity index (χ2v) is 5.27. The topological polar surface area (TPSA) is 80.4 Å². The second-order valence-electron chi connectivity index (χ2n) is 5.27. The number of rotatable bonds is 5. The number of ether oxygens (including phenoxy) is 1. The third kappa shape index (κ3) is 3.69. The monoisotopic (exact) mass is 280 g/mol. The third-order valence-corrected chi connectivity index (χ3v) is 3.25. The molecule has 0 amide bonds. The van der Waals surface area contributed by atoms with Crippen molar-refractivity contribution >= 4 is 17.8 Å². The molecule has 1 saturated heterocycles. The van der Waals surface area contributed by atoms with E-state index in [4.69, 9.17) is 10.5 Å². The summed E-state index contributed by atoms with van der Waals surface area (Å²) in [7, 11) is 3.78. The predicted molar refractivity (Wildman–Crippen MR) is 80.0 cm³/mol. The average Bonchev–Trinajstić information content (AvgIpc) is 2.44. The van der Waals surface area contributed by atoms with Crippen LogP contribution in [0.3, 0.4) is 0 Å². The maximum Gasteiger partial charge on any atom is 0.232 e. The van der Waals surface area contributed by atoms with Gasteiger partial charge in [0.1, 0.15) is 0 Å². The van der Waals surface area contributed by atoms with E-state index in [0.717, 1.165) is 39.0 Å². The molecule has 20 heavy (non-hydrogen) atoms. The first-order valence-electron chi connectivity index (χ1n) is 7.15. The third-order valence-electron chi connectivity index (χ3n) is 3.25. The van der Waals surface area contributed by atoms with Gasteiger partial charge in [0.15, 0.2) is 0 Å². The second kappa shape index (κ2) is 6.69.